The molecule has 3 heterocycles. The maximum atomic E-state index is 6.43. The summed E-state index contributed by atoms with van der Waals surface area (Å²) in [5.41, 5.74) is 0.778. The number of aromatic amines is 1. The van der Waals surface area contributed by atoms with E-state index in [1.807, 2.05) is 40.0 Å². The van der Waals surface area contributed by atoms with E-state index in [2.05, 4.69) is 9.97 Å². The third-order valence-corrected chi connectivity index (χ3v) is 4.48. The molecule has 100 valence electrons. The summed E-state index contributed by atoms with van der Waals surface area (Å²) < 4.78 is 12.0. The van der Waals surface area contributed by atoms with E-state index in [9.17, 15) is 0 Å². The minimum Gasteiger partial charge on any atom is -0.399 e. The predicted octanol–water partition coefficient (Wildman–Crippen LogP) is 2.52. The van der Waals surface area contributed by atoms with Crippen molar-refractivity contribution in [1.82, 2.24) is 9.97 Å². The molecule has 2 aromatic rings. The van der Waals surface area contributed by atoms with E-state index < -0.39 is 7.12 Å². The number of hydrogen-bond acceptors (Lipinski definition) is 3. The maximum absolute atomic E-state index is 6.43. The number of H-pyrrole nitrogens is 1. The number of hydrogen-bond donors (Lipinski definition) is 1. The molecule has 0 bridgehead atoms. The average molecular weight is 279 g/mol. The van der Waals surface area contributed by atoms with Gasteiger partial charge < -0.3 is 14.3 Å². The first-order valence-electron chi connectivity index (χ1n) is 6.29. The topological polar surface area (TPSA) is 47.1 Å². The SMILES string of the molecule is CC1(C)OB(c2cnc3[nH]ccc3c2Cl)OC1(C)C. The molecule has 1 aliphatic rings. The number of halogens is 1. The lowest BCUT2D eigenvalue weighted by Gasteiger charge is -2.32. The minimum atomic E-state index is -0.482. The fourth-order valence-electron chi connectivity index (χ4n) is 2.13. The fraction of sp³-hybridized carbons (Fsp3) is 0.462. The third-order valence-electron chi connectivity index (χ3n) is 4.06. The summed E-state index contributed by atoms with van der Waals surface area (Å²) in [6, 6.07) is 1.90. The first kappa shape index (κ1) is 13.0. The lowest BCUT2D eigenvalue weighted by molar-refractivity contribution is 0.00578. The summed E-state index contributed by atoms with van der Waals surface area (Å²) in [7, 11) is -0.482. The van der Waals surface area contributed by atoms with Crippen molar-refractivity contribution in [2.24, 2.45) is 0 Å². The number of aromatic nitrogens is 2. The lowest BCUT2D eigenvalue weighted by Crippen LogP contribution is -2.41. The van der Waals surface area contributed by atoms with Gasteiger partial charge in [-0.1, -0.05) is 11.6 Å². The average Bonchev–Trinajstić information content (AvgIpc) is 2.83. The lowest BCUT2D eigenvalue weighted by atomic mass is 9.80. The second kappa shape index (κ2) is 3.98. The third kappa shape index (κ3) is 1.88. The maximum Gasteiger partial charge on any atom is 0.497 e. The van der Waals surface area contributed by atoms with Crippen LogP contribution in [0.5, 0.6) is 0 Å². The highest BCUT2D eigenvalue weighted by Crippen LogP contribution is 2.37. The zero-order chi connectivity index (χ0) is 13.8. The Bertz CT molecular complexity index is 623. The van der Waals surface area contributed by atoms with Gasteiger partial charge in [0.2, 0.25) is 0 Å². The first-order chi connectivity index (χ1) is 8.82. The summed E-state index contributed by atoms with van der Waals surface area (Å²) in [4.78, 5) is 7.38. The predicted molar refractivity (Wildman–Crippen MR) is 76.8 cm³/mol. The Morgan fingerprint density at radius 2 is 1.84 bits per heavy atom. The highest BCUT2D eigenvalue weighted by molar-refractivity contribution is 6.66. The van der Waals surface area contributed by atoms with E-state index in [1.165, 1.54) is 0 Å². The molecule has 0 saturated carbocycles. The molecule has 1 saturated heterocycles. The van der Waals surface area contributed by atoms with Crippen LogP contribution in [0.2, 0.25) is 5.02 Å². The standard InChI is InChI=1S/C13H16BClN2O2/c1-12(2)13(3,4)19-14(18-12)9-7-17-11-8(10(9)15)5-6-16-11/h5-7H,1-4H3,(H,16,17). The smallest absolute Gasteiger partial charge is 0.399 e. The van der Waals surface area contributed by atoms with Gasteiger partial charge in [0, 0.05) is 23.2 Å². The molecule has 0 spiro atoms. The number of pyridine rings is 1. The Kier molecular flexibility index (Phi) is 2.72. The molecule has 1 aliphatic heterocycles. The molecule has 0 radical (unpaired) electrons. The van der Waals surface area contributed by atoms with Gasteiger partial charge in [0.1, 0.15) is 5.65 Å². The van der Waals surface area contributed by atoms with E-state index in [1.54, 1.807) is 6.20 Å². The molecule has 0 atom stereocenters. The minimum absolute atomic E-state index is 0.381. The summed E-state index contributed by atoms with van der Waals surface area (Å²) in [5.74, 6) is 0. The van der Waals surface area contributed by atoms with Gasteiger partial charge >= 0.3 is 7.12 Å². The van der Waals surface area contributed by atoms with Crippen molar-refractivity contribution < 1.29 is 9.31 Å². The largest absolute Gasteiger partial charge is 0.497 e. The fourth-order valence-corrected chi connectivity index (χ4v) is 2.42. The van der Waals surface area contributed by atoms with Gasteiger partial charge in [0.05, 0.1) is 16.2 Å². The van der Waals surface area contributed by atoms with Crippen LogP contribution in [0, 0.1) is 0 Å². The normalized spacial score (nSPS) is 21.2. The molecule has 0 aromatic carbocycles. The summed E-state index contributed by atoms with van der Waals surface area (Å²) in [6.07, 6.45) is 3.53. The van der Waals surface area contributed by atoms with Crippen molar-refractivity contribution in [3.63, 3.8) is 0 Å². The van der Waals surface area contributed by atoms with E-state index in [4.69, 9.17) is 20.9 Å². The molecule has 4 nitrogen and oxygen atoms in total. The van der Waals surface area contributed by atoms with Crippen molar-refractivity contribution in [2.75, 3.05) is 0 Å². The van der Waals surface area contributed by atoms with Crippen LogP contribution in [0.3, 0.4) is 0 Å². The van der Waals surface area contributed by atoms with Crippen LogP contribution in [0.15, 0.2) is 18.5 Å². The van der Waals surface area contributed by atoms with Crippen molar-refractivity contribution >= 4 is 35.2 Å². The zero-order valence-electron chi connectivity index (χ0n) is 11.5. The van der Waals surface area contributed by atoms with Crippen molar-refractivity contribution in [3.05, 3.63) is 23.5 Å². The molecule has 0 unspecified atom stereocenters. The zero-order valence-corrected chi connectivity index (χ0v) is 12.2. The number of rotatable bonds is 1. The van der Waals surface area contributed by atoms with Crippen molar-refractivity contribution in [3.8, 4) is 0 Å². The molecule has 3 rings (SSSR count). The highest BCUT2D eigenvalue weighted by Gasteiger charge is 2.52. The molecular formula is C13H16BClN2O2. The van der Waals surface area contributed by atoms with Crippen molar-refractivity contribution in [2.45, 2.75) is 38.9 Å². The molecule has 1 fully saturated rings. The monoisotopic (exact) mass is 278 g/mol. The Labute approximate surface area is 117 Å². The molecule has 2 aromatic heterocycles. The van der Waals surface area contributed by atoms with E-state index in [-0.39, 0.29) is 11.2 Å². The van der Waals surface area contributed by atoms with Crippen LogP contribution in [0.4, 0.5) is 0 Å². The van der Waals surface area contributed by atoms with Gasteiger partial charge in [-0.3, -0.25) is 0 Å². The summed E-state index contributed by atoms with van der Waals surface area (Å²) in [6.45, 7) is 8.07. The molecular weight excluding hydrogens is 262 g/mol. The van der Waals surface area contributed by atoms with Crippen LogP contribution < -0.4 is 5.46 Å². The van der Waals surface area contributed by atoms with Crippen LogP contribution in [-0.2, 0) is 9.31 Å². The van der Waals surface area contributed by atoms with E-state index in [0.717, 1.165) is 16.5 Å². The Balaban J connectivity index is 2.04. The van der Waals surface area contributed by atoms with Gasteiger partial charge in [-0.15, -0.1) is 0 Å². The molecule has 0 amide bonds. The van der Waals surface area contributed by atoms with Crippen LogP contribution in [0.25, 0.3) is 11.0 Å². The molecule has 6 heteroatoms. The Morgan fingerprint density at radius 3 is 2.47 bits per heavy atom. The van der Waals surface area contributed by atoms with E-state index >= 15 is 0 Å². The molecule has 0 aliphatic carbocycles. The number of nitrogens with one attached hydrogen (secondary N) is 1. The van der Waals surface area contributed by atoms with Gasteiger partial charge in [-0.25, -0.2) is 4.98 Å². The Hall–Kier alpha value is -1.04. The second-order valence-corrected chi connectivity index (χ2v) is 6.23. The quantitative estimate of drug-likeness (QED) is 0.815. The highest BCUT2D eigenvalue weighted by atomic mass is 35.5. The number of nitrogens with zero attached hydrogens (tertiary/aromatic N) is 1. The second-order valence-electron chi connectivity index (χ2n) is 5.86. The first-order valence-corrected chi connectivity index (χ1v) is 6.67. The molecule has 19 heavy (non-hydrogen) atoms. The van der Waals surface area contributed by atoms with Crippen molar-refractivity contribution in [1.29, 1.82) is 0 Å². The molecule has 1 N–H and O–H groups in total. The van der Waals surface area contributed by atoms with Crippen LogP contribution in [-0.4, -0.2) is 28.3 Å². The van der Waals surface area contributed by atoms with Crippen LogP contribution in [0.1, 0.15) is 27.7 Å². The van der Waals surface area contributed by atoms with Crippen LogP contribution >= 0.6 is 11.6 Å². The number of fused-ring (bicyclic) bond motifs is 1. The van der Waals surface area contributed by atoms with Gasteiger partial charge in [-0.05, 0) is 33.8 Å². The van der Waals surface area contributed by atoms with Gasteiger partial charge in [0.15, 0.2) is 0 Å². The summed E-state index contributed by atoms with van der Waals surface area (Å²) >= 11 is 6.43. The van der Waals surface area contributed by atoms with E-state index in [0.29, 0.717) is 5.02 Å². The summed E-state index contributed by atoms with van der Waals surface area (Å²) in [5, 5.41) is 1.51. The Morgan fingerprint density at radius 1 is 1.21 bits per heavy atom. The van der Waals surface area contributed by atoms with Gasteiger partial charge in [-0.2, -0.15) is 0 Å². The van der Waals surface area contributed by atoms with Gasteiger partial charge in [0.25, 0.3) is 0 Å².